The monoisotopic (exact) mass is 330 g/mol. The zero-order chi connectivity index (χ0) is 17.7. The number of rotatable bonds is 6. The molecule has 7 nitrogen and oxygen atoms in total. The molecule has 0 aliphatic heterocycles. The molecule has 24 heavy (non-hydrogen) atoms. The van der Waals surface area contributed by atoms with Crippen LogP contribution >= 0.6 is 0 Å². The van der Waals surface area contributed by atoms with Gasteiger partial charge in [-0.05, 0) is 32.9 Å². The standard InChI is InChI=1S/C17H22N4O3/c1-10(2)18-17(22)14-9-16(20-11(3)19-14)21-13-8-12(23-4)6-7-15(13)24-5/h6-10H,1-5H3,(H,18,22)(H,19,20,21). The van der Waals surface area contributed by atoms with Crippen LogP contribution in [-0.2, 0) is 0 Å². The summed E-state index contributed by atoms with van der Waals surface area (Å²) >= 11 is 0. The van der Waals surface area contributed by atoms with Gasteiger partial charge in [0, 0.05) is 18.2 Å². The summed E-state index contributed by atoms with van der Waals surface area (Å²) in [6.07, 6.45) is 0. The number of amides is 1. The Morgan fingerprint density at radius 1 is 1.12 bits per heavy atom. The lowest BCUT2D eigenvalue weighted by molar-refractivity contribution is 0.0937. The maximum Gasteiger partial charge on any atom is 0.270 e. The molecular formula is C17H22N4O3. The summed E-state index contributed by atoms with van der Waals surface area (Å²) < 4.78 is 10.6. The van der Waals surface area contributed by atoms with Crippen molar-refractivity contribution in [1.82, 2.24) is 15.3 Å². The van der Waals surface area contributed by atoms with Crippen molar-refractivity contribution in [2.24, 2.45) is 0 Å². The van der Waals surface area contributed by atoms with Crippen LogP contribution in [0.4, 0.5) is 11.5 Å². The Morgan fingerprint density at radius 3 is 2.50 bits per heavy atom. The maximum atomic E-state index is 12.2. The molecule has 0 unspecified atom stereocenters. The van der Waals surface area contributed by atoms with E-state index in [1.165, 1.54) is 0 Å². The van der Waals surface area contributed by atoms with Crippen LogP contribution in [0.15, 0.2) is 24.3 Å². The number of anilines is 2. The van der Waals surface area contributed by atoms with Crippen LogP contribution < -0.4 is 20.1 Å². The molecule has 2 aromatic rings. The maximum absolute atomic E-state index is 12.2. The van der Waals surface area contributed by atoms with E-state index in [4.69, 9.17) is 9.47 Å². The van der Waals surface area contributed by atoms with Gasteiger partial charge in [-0.25, -0.2) is 9.97 Å². The summed E-state index contributed by atoms with van der Waals surface area (Å²) in [6, 6.07) is 7.02. The first-order chi connectivity index (χ1) is 11.4. The van der Waals surface area contributed by atoms with Crippen LogP contribution in [0.2, 0.25) is 0 Å². The first-order valence-electron chi connectivity index (χ1n) is 7.58. The highest BCUT2D eigenvalue weighted by Crippen LogP contribution is 2.31. The SMILES string of the molecule is COc1ccc(OC)c(Nc2cc(C(=O)NC(C)C)nc(C)n2)c1. The Bertz CT molecular complexity index is 732. The zero-order valence-electron chi connectivity index (χ0n) is 14.5. The number of hydrogen-bond acceptors (Lipinski definition) is 6. The molecule has 1 amide bonds. The molecule has 2 N–H and O–H groups in total. The Morgan fingerprint density at radius 2 is 1.88 bits per heavy atom. The first-order valence-corrected chi connectivity index (χ1v) is 7.58. The third-order valence-corrected chi connectivity index (χ3v) is 3.16. The van der Waals surface area contributed by atoms with Crippen LogP contribution in [0, 0.1) is 6.92 Å². The average Bonchev–Trinajstić information content (AvgIpc) is 2.53. The Kier molecular flexibility index (Phi) is 5.57. The lowest BCUT2D eigenvalue weighted by Gasteiger charge is -2.13. The highest BCUT2D eigenvalue weighted by atomic mass is 16.5. The van der Waals surface area contributed by atoms with Gasteiger partial charge in [-0.2, -0.15) is 0 Å². The highest BCUT2D eigenvalue weighted by Gasteiger charge is 2.13. The van der Waals surface area contributed by atoms with Gasteiger partial charge in [-0.1, -0.05) is 0 Å². The van der Waals surface area contributed by atoms with E-state index in [0.717, 1.165) is 0 Å². The summed E-state index contributed by atoms with van der Waals surface area (Å²) in [6.45, 7) is 5.53. The van der Waals surface area contributed by atoms with E-state index in [1.54, 1.807) is 45.4 Å². The second kappa shape index (κ2) is 7.63. The quantitative estimate of drug-likeness (QED) is 0.847. The van der Waals surface area contributed by atoms with Crippen LogP contribution in [0.1, 0.15) is 30.2 Å². The minimum Gasteiger partial charge on any atom is -0.497 e. The van der Waals surface area contributed by atoms with E-state index in [0.29, 0.717) is 34.5 Å². The van der Waals surface area contributed by atoms with E-state index < -0.39 is 0 Å². The molecule has 2 rings (SSSR count). The molecule has 1 aromatic carbocycles. The van der Waals surface area contributed by atoms with Gasteiger partial charge in [0.2, 0.25) is 0 Å². The predicted octanol–water partition coefficient (Wildman–Crippen LogP) is 2.68. The molecule has 0 bridgehead atoms. The molecule has 0 aliphatic rings. The van der Waals surface area contributed by atoms with E-state index in [1.807, 2.05) is 13.8 Å². The Labute approximate surface area is 141 Å². The number of aromatic nitrogens is 2. The fourth-order valence-corrected chi connectivity index (χ4v) is 2.13. The Hall–Kier alpha value is -2.83. The molecule has 0 aliphatic carbocycles. The second-order valence-corrected chi connectivity index (χ2v) is 5.51. The number of carbonyl (C=O) groups excluding carboxylic acids is 1. The summed E-state index contributed by atoms with van der Waals surface area (Å²) in [5.74, 6) is 2.08. The smallest absolute Gasteiger partial charge is 0.270 e. The average molecular weight is 330 g/mol. The lowest BCUT2D eigenvalue weighted by atomic mass is 10.2. The van der Waals surface area contributed by atoms with Crippen molar-refractivity contribution >= 4 is 17.4 Å². The summed E-state index contributed by atoms with van der Waals surface area (Å²) in [7, 11) is 3.18. The minimum atomic E-state index is -0.240. The first kappa shape index (κ1) is 17.5. The minimum absolute atomic E-state index is 0.0302. The highest BCUT2D eigenvalue weighted by molar-refractivity contribution is 5.93. The number of methoxy groups -OCH3 is 2. The number of aryl methyl sites for hydroxylation is 1. The molecule has 1 heterocycles. The molecule has 7 heteroatoms. The molecule has 0 atom stereocenters. The van der Waals surface area contributed by atoms with Crippen molar-refractivity contribution in [2.75, 3.05) is 19.5 Å². The van der Waals surface area contributed by atoms with Crippen LogP contribution in [0.3, 0.4) is 0 Å². The Balaban J connectivity index is 2.33. The van der Waals surface area contributed by atoms with Crippen LogP contribution in [0.5, 0.6) is 11.5 Å². The summed E-state index contributed by atoms with van der Waals surface area (Å²) in [4.78, 5) is 20.7. The molecule has 0 saturated heterocycles. The van der Waals surface area contributed by atoms with Gasteiger partial charge in [0.15, 0.2) is 0 Å². The van der Waals surface area contributed by atoms with Gasteiger partial charge in [0.25, 0.3) is 5.91 Å². The number of nitrogens with one attached hydrogen (secondary N) is 2. The summed E-state index contributed by atoms with van der Waals surface area (Å²) in [5, 5.41) is 5.97. The molecule has 1 aromatic heterocycles. The van der Waals surface area contributed by atoms with Crippen LogP contribution in [0.25, 0.3) is 0 Å². The molecule has 0 radical (unpaired) electrons. The number of carbonyl (C=O) groups is 1. The van der Waals surface area contributed by atoms with Crippen molar-refractivity contribution < 1.29 is 14.3 Å². The van der Waals surface area contributed by atoms with Gasteiger partial charge in [-0.3, -0.25) is 4.79 Å². The van der Waals surface area contributed by atoms with Gasteiger partial charge in [0.05, 0.1) is 19.9 Å². The number of ether oxygens (including phenoxy) is 2. The van der Waals surface area contributed by atoms with Crippen molar-refractivity contribution in [2.45, 2.75) is 26.8 Å². The number of hydrogen-bond donors (Lipinski definition) is 2. The van der Waals surface area contributed by atoms with Crippen molar-refractivity contribution in [3.63, 3.8) is 0 Å². The molecule has 0 saturated carbocycles. The van der Waals surface area contributed by atoms with E-state index >= 15 is 0 Å². The number of nitrogens with zero attached hydrogens (tertiary/aromatic N) is 2. The topological polar surface area (TPSA) is 85.4 Å². The predicted molar refractivity (Wildman–Crippen MR) is 92.2 cm³/mol. The lowest BCUT2D eigenvalue weighted by Crippen LogP contribution is -2.31. The zero-order valence-corrected chi connectivity index (χ0v) is 14.5. The second-order valence-electron chi connectivity index (χ2n) is 5.51. The van der Waals surface area contributed by atoms with Crippen molar-refractivity contribution in [3.8, 4) is 11.5 Å². The fourth-order valence-electron chi connectivity index (χ4n) is 2.13. The molecular weight excluding hydrogens is 308 g/mol. The van der Waals surface area contributed by atoms with Gasteiger partial charge in [0.1, 0.15) is 28.8 Å². The molecule has 0 spiro atoms. The van der Waals surface area contributed by atoms with E-state index in [9.17, 15) is 4.79 Å². The van der Waals surface area contributed by atoms with Crippen LogP contribution in [-0.4, -0.2) is 36.1 Å². The molecule has 128 valence electrons. The fraction of sp³-hybridized carbons (Fsp3) is 0.353. The van der Waals surface area contributed by atoms with E-state index in [2.05, 4.69) is 20.6 Å². The van der Waals surface area contributed by atoms with E-state index in [-0.39, 0.29) is 11.9 Å². The third kappa shape index (κ3) is 4.34. The van der Waals surface area contributed by atoms with Gasteiger partial charge in [-0.15, -0.1) is 0 Å². The number of benzene rings is 1. The molecule has 0 fully saturated rings. The largest absolute Gasteiger partial charge is 0.497 e. The third-order valence-electron chi connectivity index (χ3n) is 3.16. The van der Waals surface area contributed by atoms with Gasteiger partial charge < -0.3 is 20.1 Å². The van der Waals surface area contributed by atoms with Crippen molar-refractivity contribution in [1.29, 1.82) is 0 Å². The summed E-state index contributed by atoms with van der Waals surface area (Å²) in [5.41, 5.74) is 0.991. The normalized spacial score (nSPS) is 10.4. The van der Waals surface area contributed by atoms with Gasteiger partial charge >= 0.3 is 0 Å². The van der Waals surface area contributed by atoms with Crippen molar-refractivity contribution in [3.05, 3.63) is 35.8 Å².